The van der Waals surface area contributed by atoms with Gasteiger partial charge in [0.15, 0.2) is 0 Å². The van der Waals surface area contributed by atoms with E-state index in [0.717, 1.165) is 30.3 Å². The maximum Gasteiger partial charge on any atom is 0.214 e. The highest BCUT2D eigenvalue weighted by Gasteiger charge is 2.28. The summed E-state index contributed by atoms with van der Waals surface area (Å²) < 4.78 is 26.8. The Morgan fingerprint density at radius 3 is 2.67 bits per heavy atom. The fourth-order valence-corrected chi connectivity index (χ4v) is 4.96. The number of benzene rings is 1. The first-order valence-electron chi connectivity index (χ1n) is 8.84. The van der Waals surface area contributed by atoms with Crippen molar-refractivity contribution in [3.63, 3.8) is 0 Å². The molecular weight excluding hydrogens is 320 g/mol. The average Bonchev–Trinajstić information content (AvgIpc) is 2.89. The summed E-state index contributed by atoms with van der Waals surface area (Å²) in [6.07, 6.45) is 2.40. The van der Waals surface area contributed by atoms with Gasteiger partial charge in [-0.2, -0.15) is 4.31 Å². The number of nitrogens with one attached hydrogen (secondary N) is 1. The highest BCUT2D eigenvalue weighted by Crippen LogP contribution is 2.32. The molecule has 0 saturated heterocycles. The molecule has 2 aromatic rings. The Kier molecular flexibility index (Phi) is 4.51. The Bertz CT molecular complexity index is 844. The Hall–Kier alpha value is -1.33. The first-order valence-corrected chi connectivity index (χ1v) is 10.4. The third kappa shape index (κ3) is 3.24. The van der Waals surface area contributed by atoms with Crippen molar-refractivity contribution in [3.8, 4) is 0 Å². The molecule has 5 heteroatoms. The standard InChI is InChI=1S/C19H28N2O2S/c1-5-6-11-24(22,23)21-10-9-18-16(13-21)15-12-14(19(2,3)4)7-8-17(15)20-18/h7-8,12,20H,5-6,9-11,13H2,1-4H3. The molecule has 1 aromatic carbocycles. The Morgan fingerprint density at radius 1 is 1.25 bits per heavy atom. The van der Waals surface area contributed by atoms with Crippen LogP contribution in [0.3, 0.4) is 0 Å². The van der Waals surface area contributed by atoms with E-state index in [1.165, 1.54) is 16.6 Å². The SMILES string of the molecule is CCCCS(=O)(=O)N1CCc2[nH]c3ccc(C(C)(C)C)cc3c2C1. The third-order valence-corrected chi connectivity index (χ3v) is 6.86. The number of hydrogen-bond donors (Lipinski definition) is 1. The molecule has 0 atom stereocenters. The normalized spacial score (nSPS) is 16.5. The molecule has 1 aliphatic rings. The summed E-state index contributed by atoms with van der Waals surface area (Å²) in [5.74, 6) is 0.258. The average molecular weight is 349 g/mol. The van der Waals surface area contributed by atoms with Crippen LogP contribution in [0.1, 0.15) is 57.4 Å². The third-order valence-electron chi connectivity index (χ3n) is 4.96. The van der Waals surface area contributed by atoms with Crippen molar-refractivity contribution >= 4 is 20.9 Å². The van der Waals surface area contributed by atoms with E-state index in [4.69, 9.17) is 0 Å². The molecular formula is C19H28N2O2S. The molecule has 3 rings (SSSR count). The molecule has 1 aromatic heterocycles. The van der Waals surface area contributed by atoms with Gasteiger partial charge in [0.2, 0.25) is 10.0 Å². The number of rotatable bonds is 4. The summed E-state index contributed by atoms with van der Waals surface area (Å²) in [5, 5.41) is 1.17. The van der Waals surface area contributed by atoms with E-state index < -0.39 is 10.0 Å². The molecule has 4 nitrogen and oxygen atoms in total. The summed E-state index contributed by atoms with van der Waals surface area (Å²) in [7, 11) is -3.15. The zero-order chi connectivity index (χ0) is 17.5. The molecule has 0 bridgehead atoms. The quantitative estimate of drug-likeness (QED) is 0.909. The maximum atomic E-state index is 12.6. The molecule has 0 unspecified atom stereocenters. The van der Waals surface area contributed by atoms with Crippen LogP contribution in [-0.4, -0.2) is 30.0 Å². The van der Waals surface area contributed by atoms with Gasteiger partial charge in [-0.15, -0.1) is 0 Å². The molecule has 0 spiro atoms. The van der Waals surface area contributed by atoms with E-state index in [-0.39, 0.29) is 11.2 Å². The summed E-state index contributed by atoms with van der Waals surface area (Å²) in [6, 6.07) is 6.52. The fourth-order valence-electron chi connectivity index (χ4n) is 3.35. The number of sulfonamides is 1. The van der Waals surface area contributed by atoms with Gasteiger partial charge in [0.05, 0.1) is 5.75 Å². The lowest BCUT2D eigenvalue weighted by atomic mass is 9.86. The van der Waals surface area contributed by atoms with E-state index >= 15 is 0 Å². The van der Waals surface area contributed by atoms with Crippen molar-refractivity contribution in [2.45, 2.75) is 58.9 Å². The second-order valence-electron chi connectivity index (χ2n) is 7.85. The van der Waals surface area contributed by atoms with Crippen LogP contribution in [0.5, 0.6) is 0 Å². The Morgan fingerprint density at radius 2 is 2.00 bits per heavy atom. The number of aromatic amines is 1. The van der Waals surface area contributed by atoms with Gasteiger partial charge < -0.3 is 4.98 Å². The van der Waals surface area contributed by atoms with Crippen molar-refractivity contribution in [1.82, 2.24) is 9.29 Å². The highest BCUT2D eigenvalue weighted by molar-refractivity contribution is 7.89. The molecule has 1 aliphatic heterocycles. The van der Waals surface area contributed by atoms with Crippen molar-refractivity contribution in [2.24, 2.45) is 0 Å². The number of fused-ring (bicyclic) bond motifs is 3. The lowest BCUT2D eigenvalue weighted by Crippen LogP contribution is -2.37. The van der Waals surface area contributed by atoms with Crippen molar-refractivity contribution in [1.29, 1.82) is 0 Å². The lowest BCUT2D eigenvalue weighted by Gasteiger charge is -2.26. The molecule has 0 fully saturated rings. The zero-order valence-corrected chi connectivity index (χ0v) is 16.0. The topological polar surface area (TPSA) is 53.2 Å². The van der Waals surface area contributed by atoms with Gasteiger partial charge >= 0.3 is 0 Å². The predicted octanol–water partition coefficient (Wildman–Crippen LogP) is 3.95. The van der Waals surface area contributed by atoms with Crippen LogP contribution >= 0.6 is 0 Å². The van der Waals surface area contributed by atoms with Gasteiger partial charge in [-0.3, -0.25) is 0 Å². The minimum absolute atomic E-state index is 0.0832. The van der Waals surface area contributed by atoms with E-state index in [1.807, 2.05) is 6.92 Å². The van der Waals surface area contributed by atoms with Gasteiger partial charge in [-0.1, -0.05) is 40.2 Å². The minimum Gasteiger partial charge on any atom is -0.358 e. The monoisotopic (exact) mass is 348 g/mol. The lowest BCUT2D eigenvalue weighted by molar-refractivity contribution is 0.390. The second kappa shape index (κ2) is 6.19. The Balaban J connectivity index is 1.98. The maximum absolute atomic E-state index is 12.6. The molecule has 0 radical (unpaired) electrons. The van der Waals surface area contributed by atoms with Crippen molar-refractivity contribution in [3.05, 3.63) is 35.0 Å². The molecule has 2 heterocycles. The summed E-state index contributed by atoms with van der Waals surface area (Å²) in [4.78, 5) is 3.49. The fraction of sp³-hybridized carbons (Fsp3) is 0.579. The number of H-pyrrole nitrogens is 1. The van der Waals surface area contributed by atoms with E-state index in [1.54, 1.807) is 4.31 Å². The van der Waals surface area contributed by atoms with Crippen molar-refractivity contribution in [2.75, 3.05) is 12.3 Å². The highest BCUT2D eigenvalue weighted by atomic mass is 32.2. The number of unbranched alkanes of at least 4 members (excludes halogenated alkanes) is 1. The van der Waals surface area contributed by atoms with Crippen LogP contribution in [-0.2, 0) is 28.4 Å². The van der Waals surface area contributed by atoms with Crippen LogP contribution in [0, 0.1) is 0 Å². The number of nitrogens with zero attached hydrogens (tertiary/aromatic N) is 1. The first kappa shape index (κ1) is 17.5. The first-order chi connectivity index (χ1) is 11.2. The van der Waals surface area contributed by atoms with Gasteiger partial charge in [0, 0.05) is 36.1 Å². The second-order valence-corrected chi connectivity index (χ2v) is 9.93. The van der Waals surface area contributed by atoms with Gasteiger partial charge in [-0.05, 0) is 35.1 Å². The predicted molar refractivity (Wildman–Crippen MR) is 99.8 cm³/mol. The van der Waals surface area contributed by atoms with E-state index in [0.29, 0.717) is 13.1 Å². The Labute approximate surface area is 145 Å². The van der Waals surface area contributed by atoms with Crippen LogP contribution in [0.25, 0.3) is 10.9 Å². The smallest absolute Gasteiger partial charge is 0.214 e. The van der Waals surface area contributed by atoms with Gasteiger partial charge in [-0.25, -0.2) is 8.42 Å². The summed E-state index contributed by atoms with van der Waals surface area (Å²) >= 11 is 0. The minimum atomic E-state index is -3.15. The zero-order valence-electron chi connectivity index (χ0n) is 15.1. The number of hydrogen-bond acceptors (Lipinski definition) is 2. The molecule has 24 heavy (non-hydrogen) atoms. The van der Waals surface area contributed by atoms with Gasteiger partial charge in [0.1, 0.15) is 0 Å². The summed E-state index contributed by atoms with van der Waals surface area (Å²) in [6.45, 7) is 9.71. The van der Waals surface area contributed by atoms with Crippen LogP contribution in [0.15, 0.2) is 18.2 Å². The molecule has 132 valence electrons. The summed E-state index contributed by atoms with van der Waals surface area (Å²) in [5.41, 5.74) is 4.82. The molecule has 0 saturated carbocycles. The van der Waals surface area contributed by atoms with Gasteiger partial charge in [0.25, 0.3) is 0 Å². The largest absolute Gasteiger partial charge is 0.358 e. The van der Waals surface area contributed by atoms with E-state index in [9.17, 15) is 8.42 Å². The van der Waals surface area contributed by atoms with Crippen LogP contribution in [0.2, 0.25) is 0 Å². The number of aromatic nitrogens is 1. The van der Waals surface area contributed by atoms with Crippen LogP contribution in [0.4, 0.5) is 0 Å². The molecule has 0 aliphatic carbocycles. The van der Waals surface area contributed by atoms with Crippen LogP contribution < -0.4 is 0 Å². The molecule has 0 amide bonds. The van der Waals surface area contributed by atoms with E-state index in [2.05, 4.69) is 44.0 Å². The van der Waals surface area contributed by atoms with Crippen molar-refractivity contribution < 1.29 is 8.42 Å². The molecule has 1 N–H and O–H groups in total.